The summed E-state index contributed by atoms with van der Waals surface area (Å²) in [6.45, 7) is 0.777. The van der Waals surface area contributed by atoms with E-state index in [0.29, 0.717) is 6.04 Å². The van der Waals surface area contributed by atoms with E-state index in [1.165, 1.54) is 21.6 Å². The Morgan fingerprint density at radius 3 is 2.61 bits per heavy atom. The highest BCUT2D eigenvalue weighted by Crippen LogP contribution is 2.35. The van der Waals surface area contributed by atoms with E-state index in [9.17, 15) is 4.79 Å². The number of rotatable bonds is 4. The van der Waals surface area contributed by atoms with Gasteiger partial charge in [0.15, 0.2) is 0 Å². The summed E-state index contributed by atoms with van der Waals surface area (Å²) in [5.41, 5.74) is 5.15. The largest absolute Gasteiger partial charge is 0.308 e. The molecular weight excluding hydrogens is 404 g/mol. The average molecular weight is 429 g/mol. The topological polar surface area (TPSA) is 59.8 Å². The van der Waals surface area contributed by atoms with Crippen molar-refractivity contribution in [2.24, 2.45) is 0 Å². The molecule has 5 nitrogen and oxygen atoms in total. The summed E-state index contributed by atoms with van der Waals surface area (Å²) < 4.78 is 1.89. The van der Waals surface area contributed by atoms with Gasteiger partial charge < -0.3 is 5.32 Å². The summed E-state index contributed by atoms with van der Waals surface area (Å²) in [4.78, 5) is 24.8. The predicted octanol–water partition coefficient (Wildman–Crippen LogP) is 3.84. The molecule has 0 aliphatic heterocycles. The quantitative estimate of drug-likeness (QED) is 0.537. The van der Waals surface area contributed by atoms with Gasteiger partial charge in [0.1, 0.15) is 4.83 Å². The minimum atomic E-state index is 0.139. The van der Waals surface area contributed by atoms with Crippen molar-refractivity contribution in [1.82, 2.24) is 19.9 Å². The number of aryl methyl sites for hydroxylation is 1. The lowest BCUT2D eigenvalue weighted by molar-refractivity contribution is 0.459. The summed E-state index contributed by atoms with van der Waals surface area (Å²) in [6.07, 6.45) is 8.36. The first-order chi connectivity index (χ1) is 15.3. The second-order valence-corrected chi connectivity index (χ2v) is 9.70. The SMILES string of the molecule is O=c1c2c3c(sc2ncn1C1Cc2ccccc2C1)CC(NCc1ccccn1)CC3. The molecule has 6 rings (SSSR count). The molecule has 2 aliphatic rings. The molecule has 1 atom stereocenters. The van der Waals surface area contributed by atoms with Gasteiger partial charge in [-0.2, -0.15) is 0 Å². The fourth-order valence-corrected chi connectivity index (χ4v) is 6.36. The molecule has 0 bridgehead atoms. The summed E-state index contributed by atoms with van der Waals surface area (Å²) >= 11 is 1.70. The van der Waals surface area contributed by atoms with Crippen LogP contribution in [0.1, 0.15) is 39.7 Å². The third-order valence-corrected chi connectivity index (χ3v) is 7.88. The van der Waals surface area contributed by atoms with Gasteiger partial charge in [-0.05, 0) is 60.9 Å². The van der Waals surface area contributed by atoms with Gasteiger partial charge in [0, 0.05) is 29.7 Å². The molecule has 0 amide bonds. The Hall–Kier alpha value is -2.83. The highest BCUT2D eigenvalue weighted by atomic mass is 32.1. The highest BCUT2D eigenvalue weighted by Gasteiger charge is 2.28. The number of hydrogen-bond donors (Lipinski definition) is 1. The van der Waals surface area contributed by atoms with Gasteiger partial charge in [-0.3, -0.25) is 14.3 Å². The smallest absolute Gasteiger partial charge is 0.262 e. The van der Waals surface area contributed by atoms with Crippen LogP contribution in [0, 0.1) is 0 Å². The molecule has 31 heavy (non-hydrogen) atoms. The van der Waals surface area contributed by atoms with Gasteiger partial charge in [-0.1, -0.05) is 30.3 Å². The van der Waals surface area contributed by atoms with Crippen LogP contribution in [-0.4, -0.2) is 20.6 Å². The molecule has 1 N–H and O–H groups in total. The molecule has 0 fully saturated rings. The van der Waals surface area contributed by atoms with Crippen molar-refractivity contribution in [2.45, 2.75) is 50.7 Å². The first kappa shape index (κ1) is 18.9. The van der Waals surface area contributed by atoms with E-state index in [2.05, 4.69) is 34.6 Å². The van der Waals surface area contributed by atoms with E-state index >= 15 is 0 Å². The molecule has 0 saturated heterocycles. The molecule has 0 saturated carbocycles. The Balaban J connectivity index is 1.26. The maximum Gasteiger partial charge on any atom is 0.262 e. The fourth-order valence-electron chi connectivity index (χ4n) is 5.10. The predicted molar refractivity (Wildman–Crippen MR) is 124 cm³/mol. The van der Waals surface area contributed by atoms with Crippen molar-refractivity contribution in [3.8, 4) is 0 Å². The lowest BCUT2D eigenvalue weighted by atomic mass is 9.93. The number of nitrogens with zero attached hydrogens (tertiary/aromatic N) is 3. The van der Waals surface area contributed by atoms with Crippen LogP contribution in [0.5, 0.6) is 0 Å². The van der Waals surface area contributed by atoms with E-state index in [0.717, 1.165) is 54.6 Å². The highest BCUT2D eigenvalue weighted by molar-refractivity contribution is 7.18. The van der Waals surface area contributed by atoms with Crippen LogP contribution in [0.15, 0.2) is 59.8 Å². The lowest BCUT2D eigenvalue weighted by Gasteiger charge is -2.23. The first-order valence-electron chi connectivity index (χ1n) is 11.0. The Bertz CT molecular complexity index is 1290. The summed E-state index contributed by atoms with van der Waals surface area (Å²) in [7, 11) is 0. The van der Waals surface area contributed by atoms with Gasteiger partial charge in [-0.15, -0.1) is 11.3 Å². The Morgan fingerprint density at radius 1 is 1.03 bits per heavy atom. The number of aromatic nitrogens is 3. The molecule has 1 aromatic carbocycles. The van der Waals surface area contributed by atoms with Crippen molar-refractivity contribution in [2.75, 3.05) is 0 Å². The average Bonchev–Trinajstić information content (AvgIpc) is 3.39. The van der Waals surface area contributed by atoms with Crippen molar-refractivity contribution in [3.63, 3.8) is 0 Å². The number of nitrogens with one attached hydrogen (secondary N) is 1. The van der Waals surface area contributed by atoms with E-state index in [1.54, 1.807) is 17.7 Å². The van der Waals surface area contributed by atoms with E-state index in [4.69, 9.17) is 4.98 Å². The molecule has 3 aromatic heterocycles. The molecule has 0 spiro atoms. The molecule has 6 heteroatoms. The van der Waals surface area contributed by atoms with Crippen molar-refractivity contribution in [3.05, 3.63) is 92.6 Å². The van der Waals surface area contributed by atoms with Gasteiger partial charge >= 0.3 is 0 Å². The number of pyridine rings is 1. The van der Waals surface area contributed by atoms with Crippen LogP contribution < -0.4 is 10.9 Å². The molecule has 4 aromatic rings. The molecule has 0 radical (unpaired) electrons. The second-order valence-electron chi connectivity index (χ2n) is 8.61. The zero-order chi connectivity index (χ0) is 20.8. The molecule has 3 heterocycles. The summed E-state index contributed by atoms with van der Waals surface area (Å²) in [5, 5.41) is 4.51. The Labute approximate surface area is 184 Å². The minimum Gasteiger partial charge on any atom is -0.308 e. The number of thiophene rings is 1. The van der Waals surface area contributed by atoms with E-state index < -0.39 is 0 Å². The molecule has 2 aliphatic carbocycles. The standard InChI is InChI=1S/C25H24N4OS/c30-25-23-21-9-8-18(27-14-19-7-3-4-10-26-19)13-22(21)31-24(23)28-15-29(25)20-11-16-5-1-2-6-17(16)12-20/h1-7,10,15,18,20,27H,8-9,11-14H2. The number of benzene rings is 1. The zero-order valence-electron chi connectivity index (χ0n) is 17.3. The van der Waals surface area contributed by atoms with Crippen molar-refractivity contribution in [1.29, 1.82) is 0 Å². The first-order valence-corrected chi connectivity index (χ1v) is 11.8. The minimum absolute atomic E-state index is 0.139. The van der Waals surface area contributed by atoms with Crippen LogP contribution in [0.3, 0.4) is 0 Å². The monoisotopic (exact) mass is 428 g/mol. The van der Waals surface area contributed by atoms with E-state index in [-0.39, 0.29) is 11.6 Å². The van der Waals surface area contributed by atoms with Crippen LogP contribution >= 0.6 is 11.3 Å². The maximum atomic E-state index is 13.5. The van der Waals surface area contributed by atoms with Crippen LogP contribution in [-0.2, 0) is 32.2 Å². The third-order valence-electron chi connectivity index (χ3n) is 6.72. The number of fused-ring (bicyclic) bond motifs is 4. The lowest BCUT2D eigenvalue weighted by Crippen LogP contribution is -2.34. The van der Waals surface area contributed by atoms with Gasteiger partial charge in [0.2, 0.25) is 0 Å². The Kier molecular flexibility index (Phi) is 4.69. The van der Waals surface area contributed by atoms with Crippen LogP contribution in [0.2, 0.25) is 0 Å². The molecule has 156 valence electrons. The van der Waals surface area contributed by atoms with Gasteiger partial charge in [0.25, 0.3) is 5.56 Å². The third kappa shape index (κ3) is 3.40. The summed E-state index contributed by atoms with van der Waals surface area (Å²) in [6, 6.07) is 15.1. The molecular formula is C25H24N4OS. The van der Waals surface area contributed by atoms with Crippen molar-refractivity contribution >= 4 is 21.6 Å². The van der Waals surface area contributed by atoms with Gasteiger partial charge in [0.05, 0.1) is 17.4 Å². The zero-order valence-corrected chi connectivity index (χ0v) is 18.1. The van der Waals surface area contributed by atoms with E-state index in [1.807, 2.05) is 29.0 Å². The normalized spacial score (nSPS) is 18.3. The maximum absolute atomic E-state index is 13.5. The fraction of sp³-hybridized carbons (Fsp3) is 0.320. The Morgan fingerprint density at radius 2 is 1.84 bits per heavy atom. The molecule has 1 unspecified atom stereocenters. The van der Waals surface area contributed by atoms with Crippen LogP contribution in [0.4, 0.5) is 0 Å². The van der Waals surface area contributed by atoms with Crippen LogP contribution in [0.25, 0.3) is 10.2 Å². The second kappa shape index (κ2) is 7.70. The summed E-state index contributed by atoms with van der Waals surface area (Å²) in [5.74, 6) is 0. The van der Waals surface area contributed by atoms with Crippen molar-refractivity contribution < 1.29 is 0 Å². The number of hydrogen-bond acceptors (Lipinski definition) is 5. The van der Waals surface area contributed by atoms with Gasteiger partial charge in [-0.25, -0.2) is 4.98 Å².